The standard InChI is InChI=1S/C26H26N4O2/c1-24(2)21-22(19-11-7-13-31-19)29-30-25(15-27,16-28)17-9-5-3-4-6-10-18(17)26(30,23(21)24)20-12-8-14-32-20/h7-8,11-14,21,23H,3-6,9-10H2,1-2H3/t21-,23+,26-/m1/s1. The summed E-state index contributed by atoms with van der Waals surface area (Å²) in [5.74, 6) is 1.79. The van der Waals surface area contributed by atoms with Crippen molar-refractivity contribution >= 4 is 5.71 Å². The van der Waals surface area contributed by atoms with Gasteiger partial charge in [0.15, 0.2) is 0 Å². The molecule has 6 nitrogen and oxygen atoms in total. The Kier molecular flexibility index (Phi) is 3.88. The van der Waals surface area contributed by atoms with Crippen molar-refractivity contribution in [3.63, 3.8) is 0 Å². The van der Waals surface area contributed by atoms with E-state index in [1.165, 1.54) is 5.57 Å². The molecule has 0 aromatic carbocycles. The maximum atomic E-state index is 10.5. The van der Waals surface area contributed by atoms with Gasteiger partial charge in [-0.2, -0.15) is 15.6 Å². The minimum atomic E-state index is -1.44. The maximum Gasteiger partial charge on any atom is 0.252 e. The van der Waals surface area contributed by atoms with Gasteiger partial charge in [-0.25, -0.2) is 5.01 Å². The van der Waals surface area contributed by atoms with E-state index in [1.54, 1.807) is 12.5 Å². The van der Waals surface area contributed by atoms with Gasteiger partial charge >= 0.3 is 0 Å². The Hall–Kier alpha value is -3.25. The zero-order chi connectivity index (χ0) is 22.1. The molecule has 1 fully saturated rings. The smallest absolute Gasteiger partial charge is 0.252 e. The third-order valence-corrected chi connectivity index (χ3v) is 8.29. The third-order valence-electron chi connectivity index (χ3n) is 8.29. The van der Waals surface area contributed by atoms with Gasteiger partial charge in [0.05, 0.1) is 12.5 Å². The van der Waals surface area contributed by atoms with Crippen LogP contribution in [0.1, 0.15) is 63.9 Å². The Morgan fingerprint density at radius 3 is 2.28 bits per heavy atom. The molecule has 1 saturated carbocycles. The number of nitrogens with zero attached hydrogens (tertiary/aromatic N) is 4. The quantitative estimate of drug-likeness (QED) is 0.591. The van der Waals surface area contributed by atoms with Crippen LogP contribution in [-0.4, -0.2) is 16.3 Å². The summed E-state index contributed by atoms with van der Waals surface area (Å²) >= 11 is 0. The van der Waals surface area contributed by atoms with Gasteiger partial charge in [-0.1, -0.05) is 26.7 Å². The fraction of sp³-hybridized carbons (Fsp3) is 0.500. The lowest BCUT2D eigenvalue weighted by Gasteiger charge is -2.44. The highest BCUT2D eigenvalue weighted by Gasteiger charge is 2.79. The summed E-state index contributed by atoms with van der Waals surface area (Å²) in [5, 5.41) is 28.0. The van der Waals surface area contributed by atoms with Gasteiger partial charge in [0.25, 0.3) is 5.54 Å². The van der Waals surface area contributed by atoms with Crippen LogP contribution in [0.2, 0.25) is 0 Å². The predicted octanol–water partition coefficient (Wildman–Crippen LogP) is 5.51. The zero-order valence-electron chi connectivity index (χ0n) is 18.5. The van der Waals surface area contributed by atoms with Crippen LogP contribution in [0.5, 0.6) is 0 Å². The van der Waals surface area contributed by atoms with Gasteiger partial charge in [-0.15, -0.1) is 0 Å². The van der Waals surface area contributed by atoms with Gasteiger partial charge in [-0.3, -0.25) is 0 Å². The number of fused-ring (bicyclic) bond motifs is 4. The van der Waals surface area contributed by atoms with Crippen LogP contribution in [0, 0.1) is 39.9 Å². The summed E-state index contributed by atoms with van der Waals surface area (Å²) in [7, 11) is 0. The average Bonchev–Trinajstić information content (AvgIpc) is 3.31. The minimum absolute atomic E-state index is 0.0887. The number of hydrazone groups is 1. The fourth-order valence-electron chi connectivity index (χ4n) is 6.95. The van der Waals surface area contributed by atoms with Gasteiger partial charge in [0.1, 0.15) is 34.9 Å². The summed E-state index contributed by atoms with van der Waals surface area (Å²) in [6, 6.07) is 12.5. The molecule has 32 heavy (non-hydrogen) atoms. The summed E-state index contributed by atoms with van der Waals surface area (Å²) in [6.07, 6.45) is 9.28. The monoisotopic (exact) mass is 426 g/mol. The van der Waals surface area contributed by atoms with Crippen molar-refractivity contribution in [2.24, 2.45) is 22.4 Å². The number of nitriles is 2. The van der Waals surface area contributed by atoms with Crippen LogP contribution in [0.15, 0.2) is 61.9 Å². The van der Waals surface area contributed by atoms with E-state index >= 15 is 0 Å². The summed E-state index contributed by atoms with van der Waals surface area (Å²) < 4.78 is 11.9. The molecule has 0 unspecified atom stereocenters. The van der Waals surface area contributed by atoms with Crippen LogP contribution >= 0.6 is 0 Å². The van der Waals surface area contributed by atoms with Crippen molar-refractivity contribution in [1.82, 2.24) is 5.01 Å². The Morgan fingerprint density at radius 1 is 0.969 bits per heavy atom. The van der Waals surface area contributed by atoms with E-state index in [4.69, 9.17) is 13.9 Å². The highest BCUT2D eigenvalue weighted by atomic mass is 16.3. The van der Waals surface area contributed by atoms with E-state index in [0.29, 0.717) is 5.76 Å². The lowest BCUT2D eigenvalue weighted by molar-refractivity contribution is 0.0440. The summed E-state index contributed by atoms with van der Waals surface area (Å²) in [5.41, 5.74) is 0.724. The molecule has 2 aromatic heterocycles. The number of hydrogen-bond donors (Lipinski definition) is 0. The average molecular weight is 427 g/mol. The molecule has 0 radical (unpaired) electrons. The topological polar surface area (TPSA) is 89.5 Å². The second kappa shape index (κ2) is 6.39. The van der Waals surface area contributed by atoms with Gasteiger partial charge in [0, 0.05) is 11.8 Å². The molecular formula is C26H26N4O2. The molecule has 0 saturated heterocycles. The van der Waals surface area contributed by atoms with Crippen molar-refractivity contribution in [2.75, 3.05) is 0 Å². The van der Waals surface area contributed by atoms with Crippen molar-refractivity contribution in [3.05, 3.63) is 59.5 Å². The maximum absolute atomic E-state index is 10.5. The van der Waals surface area contributed by atoms with E-state index in [1.807, 2.05) is 29.3 Å². The Bertz CT molecular complexity index is 1190. The molecule has 0 N–H and O–H groups in total. The first-order chi connectivity index (χ1) is 15.5. The molecule has 162 valence electrons. The van der Waals surface area contributed by atoms with E-state index < -0.39 is 11.1 Å². The Labute approximate surface area is 187 Å². The molecule has 0 amide bonds. The SMILES string of the molecule is CC1(C)[C@@H]2C(c3ccco3)=NN3C(C#N)(C#N)C4=C(CCCCCC4)[C@@]3(c3ccco3)[C@@H]21. The molecule has 0 spiro atoms. The number of hydrogen-bond acceptors (Lipinski definition) is 6. The molecule has 4 heterocycles. The lowest BCUT2D eigenvalue weighted by atomic mass is 9.75. The van der Waals surface area contributed by atoms with E-state index in [9.17, 15) is 10.5 Å². The second-order valence-corrected chi connectivity index (χ2v) is 10.1. The van der Waals surface area contributed by atoms with E-state index in [0.717, 1.165) is 55.6 Å². The molecule has 0 bridgehead atoms. The van der Waals surface area contributed by atoms with E-state index in [-0.39, 0.29) is 17.3 Å². The minimum Gasteiger partial charge on any atom is -0.466 e. The molecule has 6 rings (SSSR count). The first-order valence-electron chi connectivity index (χ1n) is 11.6. The van der Waals surface area contributed by atoms with Crippen molar-refractivity contribution in [3.8, 4) is 12.1 Å². The van der Waals surface area contributed by atoms with Gasteiger partial charge in [-0.05, 0) is 66.5 Å². The van der Waals surface area contributed by atoms with Crippen LogP contribution < -0.4 is 0 Å². The first kappa shape index (κ1) is 19.4. The van der Waals surface area contributed by atoms with Gasteiger partial charge in [0.2, 0.25) is 0 Å². The van der Waals surface area contributed by atoms with Crippen molar-refractivity contribution in [1.29, 1.82) is 10.5 Å². The highest BCUT2D eigenvalue weighted by Crippen LogP contribution is 2.75. The fourth-order valence-corrected chi connectivity index (χ4v) is 6.95. The molecule has 2 aromatic rings. The van der Waals surface area contributed by atoms with Crippen LogP contribution in [0.25, 0.3) is 0 Å². The summed E-state index contributed by atoms with van der Waals surface area (Å²) in [4.78, 5) is 0. The molecule has 6 heteroatoms. The Morgan fingerprint density at radius 2 is 1.66 bits per heavy atom. The van der Waals surface area contributed by atoms with Crippen molar-refractivity contribution < 1.29 is 8.83 Å². The lowest BCUT2D eigenvalue weighted by Crippen LogP contribution is -2.55. The van der Waals surface area contributed by atoms with E-state index in [2.05, 4.69) is 26.0 Å². The van der Waals surface area contributed by atoms with Crippen LogP contribution in [0.3, 0.4) is 0 Å². The molecular weight excluding hydrogens is 400 g/mol. The normalized spacial score (nSPS) is 31.9. The largest absolute Gasteiger partial charge is 0.466 e. The zero-order valence-corrected chi connectivity index (χ0v) is 18.5. The Balaban J connectivity index is 1.70. The molecule has 3 atom stereocenters. The summed E-state index contributed by atoms with van der Waals surface area (Å²) in [6.45, 7) is 4.52. The molecule has 2 aliphatic carbocycles. The number of rotatable bonds is 2. The molecule has 4 aliphatic rings. The van der Waals surface area contributed by atoms with Crippen molar-refractivity contribution in [2.45, 2.75) is 63.5 Å². The first-order valence-corrected chi connectivity index (χ1v) is 11.6. The third kappa shape index (κ3) is 2.11. The van der Waals surface area contributed by atoms with Gasteiger partial charge < -0.3 is 8.83 Å². The molecule has 2 aliphatic heterocycles. The second-order valence-electron chi connectivity index (χ2n) is 10.1. The number of furan rings is 2. The van der Waals surface area contributed by atoms with Crippen LogP contribution in [-0.2, 0) is 5.54 Å². The van der Waals surface area contributed by atoms with Crippen LogP contribution in [0.4, 0.5) is 0 Å². The predicted molar refractivity (Wildman–Crippen MR) is 117 cm³/mol. The highest BCUT2D eigenvalue weighted by molar-refractivity contribution is 6.03.